The number of amides is 2. The Balaban J connectivity index is 1.77. The van der Waals surface area contributed by atoms with E-state index in [1.165, 1.54) is 11.3 Å². The summed E-state index contributed by atoms with van der Waals surface area (Å²) in [4.78, 5) is 31.2. The number of aromatic nitrogens is 1. The molecule has 0 spiro atoms. The zero-order valence-corrected chi connectivity index (χ0v) is 16.0. The zero-order valence-electron chi connectivity index (χ0n) is 15.2. The lowest BCUT2D eigenvalue weighted by Gasteiger charge is -2.24. The fourth-order valence-electron chi connectivity index (χ4n) is 2.97. The van der Waals surface area contributed by atoms with E-state index in [9.17, 15) is 9.59 Å². The molecule has 7 heteroatoms. The number of anilines is 1. The van der Waals surface area contributed by atoms with E-state index in [1.807, 2.05) is 25.3 Å². The van der Waals surface area contributed by atoms with Crippen LogP contribution in [0, 0.1) is 6.92 Å². The quantitative estimate of drug-likeness (QED) is 0.872. The largest absolute Gasteiger partial charge is 0.368 e. The Morgan fingerprint density at radius 2 is 2.23 bits per heavy atom. The standard InChI is InChI=1S/C19H23N3O3S/c1-12-14(19(24)22(3)13(2)18-20-9-11-26-18)6-4-7-15(12)21-17(23)16-8-5-10-25-16/h4,6-7,9,11,13,16H,5,8,10H2,1-3H3,(H,21,23)/t13-,16-/m1/s1. The molecule has 2 amide bonds. The minimum atomic E-state index is -0.402. The van der Waals surface area contributed by atoms with Gasteiger partial charge in [-0.15, -0.1) is 11.3 Å². The molecule has 1 aromatic carbocycles. The molecule has 1 aliphatic heterocycles. The Hall–Kier alpha value is -2.25. The monoisotopic (exact) mass is 373 g/mol. The van der Waals surface area contributed by atoms with Gasteiger partial charge in [0.1, 0.15) is 11.1 Å². The van der Waals surface area contributed by atoms with Gasteiger partial charge in [0.2, 0.25) is 0 Å². The van der Waals surface area contributed by atoms with Crippen LogP contribution in [-0.2, 0) is 9.53 Å². The summed E-state index contributed by atoms with van der Waals surface area (Å²) in [6.07, 6.45) is 2.97. The van der Waals surface area contributed by atoms with Crippen LogP contribution in [-0.4, -0.2) is 41.5 Å². The van der Waals surface area contributed by atoms with E-state index < -0.39 is 6.10 Å². The van der Waals surface area contributed by atoms with E-state index >= 15 is 0 Å². The third kappa shape index (κ3) is 3.78. The SMILES string of the molecule is Cc1c(NC(=O)[C@H]2CCCO2)cccc1C(=O)N(C)[C@H](C)c1nccs1. The van der Waals surface area contributed by atoms with Crippen molar-refractivity contribution < 1.29 is 14.3 Å². The Kier molecular flexibility index (Phi) is 5.68. The summed E-state index contributed by atoms with van der Waals surface area (Å²) in [5, 5.41) is 5.69. The number of nitrogens with one attached hydrogen (secondary N) is 1. The predicted octanol–water partition coefficient (Wildman–Crippen LogP) is 3.40. The van der Waals surface area contributed by atoms with E-state index in [0.29, 0.717) is 17.9 Å². The first-order valence-electron chi connectivity index (χ1n) is 8.67. The van der Waals surface area contributed by atoms with Gasteiger partial charge in [-0.2, -0.15) is 0 Å². The van der Waals surface area contributed by atoms with Gasteiger partial charge in [0.15, 0.2) is 0 Å². The number of carbonyl (C=O) groups excluding carboxylic acids is 2. The molecule has 2 aromatic rings. The molecular formula is C19H23N3O3S. The van der Waals surface area contributed by atoms with E-state index in [-0.39, 0.29) is 17.9 Å². The normalized spacial score (nSPS) is 17.7. The lowest BCUT2D eigenvalue weighted by atomic mass is 10.0. The maximum atomic E-state index is 13.0. The number of ether oxygens (including phenoxy) is 1. The van der Waals surface area contributed by atoms with Crippen LogP contribution in [0.5, 0.6) is 0 Å². The van der Waals surface area contributed by atoms with E-state index in [2.05, 4.69) is 10.3 Å². The molecule has 1 N–H and O–H groups in total. The Morgan fingerprint density at radius 1 is 1.42 bits per heavy atom. The summed E-state index contributed by atoms with van der Waals surface area (Å²) >= 11 is 1.53. The van der Waals surface area contributed by atoms with Crippen LogP contribution in [0.3, 0.4) is 0 Å². The molecule has 1 aliphatic rings. The van der Waals surface area contributed by atoms with Crippen LogP contribution in [0.2, 0.25) is 0 Å². The molecule has 2 atom stereocenters. The van der Waals surface area contributed by atoms with Gasteiger partial charge in [-0.25, -0.2) is 4.98 Å². The van der Waals surface area contributed by atoms with Crippen molar-refractivity contribution in [2.45, 2.75) is 38.8 Å². The van der Waals surface area contributed by atoms with Gasteiger partial charge in [-0.3, -0.25) is 9.59 Å². The summed E-state index contributed by atoms with van der Waals surface area (Å²) in [6, 6.07) is 5.26. The third-order valence-electron chi connectivity index (χ3n) is 4.75. The van der Waals surface area contributed by atoms with Crippen molar-refractivity contribution in [3.05, 3.63) is 45.9 Å². The highest BCUT2D eigenvalue weighted by Gasteiger charge is 2.26. The van der Waals surface area contributed by atoms with Crippen molar-refractivity contribution in [1.82, 2.24) is 9.88 Å². The second kappa shape index (κ2) is 7.97. The van der Waals surface area contributed by atoms with Crippen LogP contribution in [0.15, 0.2) is 29.8 Å². The molecule has 0 radical (unpaired) electrons. The van der Waals surface area contributed by atoms with Crippen molar-refractivity contribution in [3.63, 3.8) is 0 Å². The highest BCUT2D eigenvalue weighted by Crippen LogP contribution is 2.26. The second-order valence-corrected chi connectivity index (χ2v) is 7.36. The Bertz CT molecular complexity index is 785. The smallest absolute Gasteiger partial charge is 0.254 e. The number of hydrogen-bond donors (Lipinski definition) is 1. The van der Waals surface area contributed by atoms with Gasteiger partial charge < -0.3 is 15.0 Å². The van der Waals surface area contributed by atoms with Gasteiger partial charge in [0.25, 0.3) is 11.8 Å². The van der Waals surface area contributed by atoms with Gasteiger partial charge in [0.05, 0.1) is 6.04 Å². The fourth-order valence-corrected chi connectivity index (χ4v) is 3.71. The second-order valence-electron chi connectivity index (χ2n) is 6.43. The first kappa shape index (κ1) is 18.5. The molecule has 1 fully saturated rings. The predicted molar refractivity (Wildman–Crippen MR) is 101 cm³/mol. The minimum absolute atomic E-state index is 0.0987. The molecule has 0 bridgehead atoms. The third-order valence-corrected chi connectivity index (χ3v) is 5.70. The minimum Gasteiger partial charge on any atom is -0.368 e. The lowest BCUT2D eigenvalue weighted by molar-refractivity contribution is -0.124. The van der Waals surface area contributed by atoms with E-state index in [1.54, 1.807) is 30.3 Å². The Labute approximate surface area is 157 Å². The maximum Gasteiger partial charge on any atom is 0.254 e. The summed E-state index contributed by atoms with van der Waals surface area (Å²) in [7, 11) is 1.77. The number of nitrogens with zero attached hydrogens (tertiary/aromatic N) is 2. The summed E-state index contributed by atoms with van der Waals surface area (Å²) < 4.78 is 5.42. The molecule has 0 saturated carbocycles. The average molecular weight is 373 g/mol. The molecule has 1 aromatic heterocycles. The molecular weight excluding hydrogens is 350 g/mol. The average Bonchev–Trinajstić information content (AvgIpc) is 3.35. The highest BCUT2D eigenvalue weighted by molar-refractivity contribution is 7.09. The molecule has 0 aliphatic carbocycles. The van der Waals surface area contributed by atoms with Gasteiger partial charge >= 0.3 is 0 Å². The van der Waals surface area contributed by atoms with Gasteiger partial charge in [-0.1, -0.05) is 6.07 Å². The van der Waals surface area contributed by atoms with Crippen molar-refractivity contribution in [3.8, 4) is 0 Å². The van der Waals surface area contributed by atoms with E-state index in [0.717, 1.165) is 23.4 Å². The number of benzene rings is 1. The van der Waals surface area contributed by atoms with Crippen LogP contribution in [0.1, 0.15) is 46.7 Å². The number of thiazole rings is 1. The molecule has 1 saturated heterocycles. The maximum absolute atomic E-state index is 13.0. The lowest BCUT2D eigenvalue weighted by Crippen LogP contribution is -2.31. The number of rotatable bonds is 5. The summed E-state index contributed by atoms with van der Waals surface area (Å²) in [5.74, 6) is -0.252. The van der Waals surface area contributed by atoms with Crippen molar-refractivity contribution in [1.29, 1.82) is 0 Å². The van der Waals surface area contributed by atoms with E-state index in [4.69, 9.17) is 4.74 Å². The number of hydrogen-bond acceptors (Lipinski definition) is 5. The first-order chi connectivity index (χ1) is 12.5. The molecule has 0 unspecified atom stereocenters. The van der Waals surface area contributed by atoms with Crippen molar-refractivity contribution in [2.75, 3.05) is 19.0 Å². The molecule has 2 heterocycles. The Morgan fingerprint density at radius 3 is 2.88 bits per heavy atom. The first-order valence-corrected chi connectivity index (χ1v) is 9.55. The van der Waals surface area contributed by atoms with Crippen LogP contribution in [0.25, 0.3) is 0 Å². The van der Waals surface area contributed by atoms with Crippen LogP contribution >= 0.6 is 11.3 Å². The van der Waals surface area contributed by atoms with Gasteiger partial charge in [0, 0.05) is 36.5 Å². The van der Waals surface area contributed by atoms with Crippen molar-refractivity contribution >= 4 is 28.8 Å². The molecule has 26 heavy (non-hydrogen) atoms. The molecule has 138 valence electrons. The topological polar surface area (TPSA) is 71.5 Å². The highest BCUT2D eigenvalue weighted by atomic mass is 32.1. The van der Waals surface area contributed by atoms with Crippen LogP contribution < -0.4 is 5.32 Å². The summed E-state index contributed by atoms with van der Waals surface area (Å²) in [5.41, 5.74) is 1.97. The summed E-state index contributed by atoms with van der Waals surface area (Å²) in [6.45, 7) is 4.42. The molecule has 3 rings (SSSR count). The fraction of sp³-hybridized carbons (Fsp3) is 0.421. The van der Waals surface area contributed by atoms with Gasteiger partial charge in [-0.05, 0) is 44.4 Å². The molecule has 6 nitrogen and oxygen atoms in total. The zero-order chi connectivity index (χ0) is 18.7. The number of carbonyl (C=O) groups is 2. The van der Waals surface area contributed by atoms with Crippen LogP contribution in [0.4, 0.5) is 5.69 Å². The van der Waals surface area contributed by atoms with Crippen molar-refractivity contribution in [2.24, 2.45) is 0 Å².